The van der Waals surface area contributed by atoms with Crippen LogP contribution in [0.15, 0.2) is 24.3 Å². The molecular weight excluding hydrogens is 166 g/mol. The Hall–Kier alpha value is -1.51. The van der Waals surface area contributed by atoms with Gasteiger partial charge in [0.15, 0.2) is 0 Å². The summed E-state index contributed by atoms with van der Waals surface area (Å²) in [5, 5.41) is 8.71. The Labute approximate surface area is 76.6 Å². The van der Waals surface area contributed by atoms with E-state index in [4.69, 9.17) is 5.11 Å². The van der Waals surface area contributed by atoms with E-state index in [1.165, 1.54) is 0 Å². The lowest BCUT2D eigenvalue weighted by molar-refractivity contribution is -0.136. The summed E-state index contributed by atoms with van der Waals surface area (Å²) < 4.78 is 0. The van der Waals surface area contributed by atoms with Crippen molar-refractivity contribution in [3.63, 3.8) is 0 Å². The van der Waals surface area contributed by atoms with E-state index >= 15 is 0 Å². The molecule has 0 aliphatic carbocycles. The van der Waals surface area contributed by atoms with Gasteiger partial charge in [-0.3, -0.25) is 0 Å². The molecule has 1 unspecified atom stereocenters. The molecular formula is C10H11NO2. The molecule has 3 heteroatoms. The molecule has 1 aromatic rings. The summed E-state index contributed by atoms with van der Waals surface area (Å²) in [5.41, 5.74) is 2.17. The van der Waals surface area contributed by atoms with Crippen molar-refractivity contribution in [1.82, 2.24) is 0 Å². The van der Waals surface area contributed by atoms with Crippen LogP contribution in [0.2, 0.25) is 0 Å². The largest absolute Gasteiger partial charge is 0.480 e. The molecule has 0 spiro atoms. The molecule has 0 bridgehead atoms. The van der Waals surface area contributed by atoms with E-state index in [1.807, 2.05) is 36.1 Å². The molecule has 0 amide bonds. The van der Waals surface area contributed by atoms with Gasteiger partial charge in [-0.1, -0.05) is 12.1 Å². The summed E-state index contributed by atoms with van der Waals surface area (Å²) in [6, 6.07) is 7.59. The highest BCUT2D eigenvalue weighted by atomic mass is 16.4. The van der Waals surface area contributed by atoms with Crippen LogP contribution in [-0.4, -0.2) is 23.7 Å². The standard InChI is InChI=1S/C10H11NO2/c1-7-3-2-4-8(5-7)11-6-9(11)10(12)13/h2-5,9H,6H2,1H3,(H,12,13). The van der Waals surface area contributed by atoms with Crippen LogP contribution in [0.1, 0.15) is 5.56 Å². The number of hydrogen-bond acceptors (Lipinski definition) is 2. The van der Waals surface area contributed by atoms with Gasteiger partial charge in [0.1, 0.15) is 6.04 Å². The van der Waals surface area contributed by atoms with Crippen molar-refractivity contribution in [3.05, 3.63) is 29.8 Å². The van der Waals surface area contributed by atoms with Gasteiger partial charge in [-0.2, -0.15) is 0 Å². The Kier molecular flexibility index (Phi) is 1.72. The van der Waals surface area contributed by atoms with Crippen LogP contribution in [-0.2, 0) is 4.79 Å². The molecule has 2 rings (SSSR count). The minimum absolute atomic E-state index is 0.304. The lowest BCUT2D eigenvalue weighted by Crippen LogP contribution is -2.10. The van der Waals surface area contributed by atoms with Gasteiger partial charge in [-0.15, -0.1) is 0 Å². The highest BCUT2D eigenvalue weighted by molar-refractivity contribution is 5.84. The second-order valence-corrected chi connectivity index (χ2v) is 3.35. The first-order valence-electron chi connectivity index (χ1n) is 4.24. The smallest absolute Gasteiger partial charge is 0.328 e. The number of nitrogens with zero attached hydrogens (tertiary/aromatic N) is 1. The van der Waals surface area contributed by atoms with E-state index in [9.17, 15) is 4.79 Å². The number of aryl methyl sites for hydroxylation is 1. The number of hydrogen-bond donors (Lipinski definition) is 1. The summed E-state index contributed by atoms with van der Waals surface area (Å²) in [5.74, 6) is -0.735. The zero-order valence-electron chi connectivity index (χ0n) is 7.40. The van der Waals surface area contributed by atoms with E-state index in [2.05, 4.69) is 0 Å². The highest BCUT2D eigenvalue weighted by Gasteiger charge is 2.40. The molecule has 13 heavy (non-hydrogen) atoms. The van der Waals surface area contributed by atoms with Gasteiger partial charge in [0, 0.05) is 5.69 Å². The Bertz CT molecular complexity index is 349. The summed E-state index contributed by atoms with van der Waals surface area (Å²) in [7, 11) is 0. The molecule has 68 valence electrons. The van der Waals surface area contributed by atoms with Gasteiger partial charge in [0.2, 0.25) is 0 Å². The Morgan fingerprint density at radius 2 is 2.38 bits per heavy atom. The van der Waals surface area contributed by atoms with E-state index in [1.54, 1.807) is 0 Å². The fourth-order valence-corrected chi connectivity index (χ4v) is 1.44. The number of rotatable bonds is 2. The Morgan fingerprint density at radius 1 is 1.62 bits per heavy atom. The van der Waals surface area contributed by atoms with Crippen LogP contribution >= 0.6 is 0 Å². The molecule has 1 aliphatic heterocycles. The maximum atomic E-state index is 10.6. The Morgan fingerprint density at radius 3 is 2.92 bits per heavy atom. The lowest BCUT2D eigenvalue weighted by atomic mass is 10.2. The third-order valence-corrected chi connectivity index (χ3v) is 2.23. The zero-order valence-corrected chi connectivity index (χ0v) is 7.40. The average molecular weight is 177 g/mol. The monoisotopic (exact) mass is 177 g/mol. The van der Waals surface area contributed by atoms with Gasteiger partial charge in [0.05, 0.1) is 6.54 Å². The van der Waals surface area contributed by atoms with E-state index in [0.29, 0.717) is 6.54 Å². The summed E-state index contributed by atoms with van der Waals surface area (Å²) in [6.07, 6.45) is 0. The molecule has 0 aromatic heterocycles. The van der Waals surface area contributed by atoms with E-state index in [0.717, 1.165) is 11.3 Å². The third-order valence-electron chi connectivity index (χ3n) is 2.23. The van der Waals surface area contributed by atoms with Gasteiger partial charge in [-0.05, 0) is 24.6 Å². The van der Waals surface area contributed by atoms with Gasteiger partial charge in [-0.25, -0.2) is 4.79 Å². The SMILES string of the molecule is Cc1cccc(N2CC2C(=O)O)c1. The first kappa shape index (κ1) is 8.10. The predicted octanol–water partition coefficient (Wildman–Crippen LogP) is 1.27. The molecule has 1 aliphatic rings. The molecule has 0 saturated carbocycles. The molecule has 1 atom stereocenters. The van der Waals surface area contributed by atoms with Gasteiger partial charge < -0.3 is 10.0 Å². The summed E-state index contributed by atoms with van der Waals surface area (Å²) in [4.78, 5) is 12.5. The van der Waals surface area contributed by atoms with Crippen molar-refractivity contribution in [3.8, 4) is 0 Å². The first-order chi connectivity index (χ1) is 6.18. The third kappa shape index (κ3) is 1.49. The molecule has 1 heterocycles. The first-order valence-corrected chi connectivity index (χ1v) is 4.24. The van der Waals surface area contributed by atoms with Crippen molar-refractivity contribution in [2.45, 2.75) is 13.0 Å². The van der Waals surface area contributed by atoms with Gasteiger partial charge in [0.25, 0.3) is 0 Å². The number of carbonyl (C=O) groups is 1. The van der Waals surface area contributed by atoms with Crippen molar-refractivity contribution >= 4 is 11.7 Å². The van der Waals surface area contributed by atoms with Crippen LogP contribution < -0.4 is 4.90 Å². The molecule has 1 saturated heterocycles. The highest BCUT2D eigenvalue weighted by Crippen LogP contribution is 2.28. The van der Waals surface area contributed by atoms with Crippen LogP contribution in [0.4, 0.5) is 5.69 Å². The van der Waals surface area contributed by atoms with Crippen LogP contribution in [0.3, 0.4) is 0 Å². The van der Waals surface area contributed by atoms with Crippen molar-refractivity contribution in [1.29, 1.82) is 0 Å². The van der Waals surface area contributed by atoms with Crippen LogP contribution in [0.5, 0.6) is 0 Å². The van der Waals surface area contributed by atoms with E-state index in [-0.39, 0.29) is 6.04 Å². The Balaban J connectivity index is 2.16. The lowest BCUT2D eigenvalue weighted by Gasteiger charge is -2.03. The normalized spacial score (nSPS) is 20.1. The second kappa shape index (κ2) is 2.76. The summed E-state index contributed by atoms with van der Waals surface area (Å²) >= 11 is 0. The number of aliphatic carboxylic acids is 1. The maximum absolute atomic E-state index is 10.6. The zero-order chi connectivity index (χ0) is 9.42. The molecule has 1 aromatic carbocycles. The fourth-order valence-electron chi connectivity index (χ4n) is 1.44. The van der Waals surface area contributed by atoms with Crippen molar-refractivity contribution < 1.29 is 9.90 Å². The number of carboxylic acid groups (broad SMARTS) is 1. The average Bonchev–Trinajstić information content (AvgIpc) is 2.82. The van der Waals surface area contributed by atoms with E-state index < -0.39 is 5.97 Å². The fraction of sp³-hybridized carbons (Fsp3) is 0.300. The topological polar surface area (TPSA) is 40.3 Å². The van der Waals surface area contributed by atoms with Crippen molar-refractivity contribution in [2.24, 2.45) is 0 Å². The maximum Gasteiger partial charge on any atom is 0.328 e. The number of benzene rings is 1. The van der Waals surface area contributed by atoms with Crippen molar-refractivity contribution in [2.75, 3.05) is 11.4 Å². The van der Waals surface area contributed by atoms with Crippen LogP contribution in [0, 0.1) is 6.92 Å². The molecule has 0 radical (unpaired) electrons. The molecule has 1 fully saturated rings. The van der Waals surface area contributed by atoms with Crippen LogP contribution in [0.25, 0.3) is 0 Å². The second-order valence-electron chi connectivity index (χ2n) is 3.35. The number of anilines is 1. The number of carboxylic acids is 1. The van der Waals surface area contributed by atoms with Gasteiger partial charge >= 0.3 is 5.97 Å². The minimum atomic E-state index is -0.735. The molecule has 3 nitrogen and oxygen atoms in total. The quantitative estimate of drug-likeness (QED) is 0.691. The summed E-state index contributed by atoms with van der Waals surface area (Å²) in [6.45, 7) is 2.64. The predicted molar refractivity (Wildman–Crippen MR) is 49.9 cm³/mol. The molecule has 1 N–H and O–H groups in total. The minimum Gasteiger partial charge on any atom is -0.480 e.